The summed E-state index contributed by atoms with van der Waals surface area (Å²) >= 11 is 0. The van der Waals surface area contributed by atoms with Crippen molar-refractivity contribution in [2.75, 3.05) is 26.1 Å². The van der Waals surface area contributed by atoms with Crippen molar-refractivity contribution < 1.29 is 27.8 Å². The number of ketones is 1. The number of carbonyl (C=O) groups is 2. The first-order chi connectivity index (χ1) is 12.7. The van der Waals surface area contributed by atoms with Crippen molar-refractivity contribution >= 4 is 17.4 Å². The second-order valence-electron chi connectivity index (χ2n) is 5.15. The van der Waals surface area contributed by atoms with Crippen LogP contribution >= 0.6 is 0 Å². The Labute approximate surface area is 157 Å². The lowest BCUT2D eigenvalue weighted by atomic mass is 9.95. The minimum absolute atomic E-state index is 0.0485. The molecule has 0 amide bonds. The van der Waals surface area contributed by atoms with E-state index in [9.17, 15) is 18.4 Å². The Morgan fingerprint density at radius 2 is 1.78 bits per heavy atom. The summed E-state index contributed by atoms with van der Waals surface area (Å²) in [6.45, 7) is 8.13. The van der Waals surface area contributed by atoms with Gasteiger partial charge >= 0.3 is 5.97 Å². The molecule has 0 bridgehead atoms. The zero-order valence-electron chi connectivity index (χ0n) is 16.5. The predicted molar refractivity (Wildman–Crippen MR) is 99.0 cm³/mol. The molecule has 0 fully saturated rings. The molecular weight excluding hydrogens is 360 g/mol. The van der Waals surface area contributed by atoms with E-state index in [0.717, 1.165) is 5.01 Å². The number of nitrogens with zero attached hydrogens (tertiary/aromatic N) is 1. The van der Waals surface area contributed by atoms with Crippen molar-refractivity contribution in [2.24, 2.45) is 5.84 Å². The zero-order valence-corrected chi connectivity index (χ0v) is 16.5. The van der Waals surface area contributed by atoms with Gasteiger partial charge in [-0.3, -0.25) is 10.6 Å². The number of nitrogen functional groups attached to an aromatic ring is 1. The molecule has 0 spiro atoms. The fourth-order valence-electron chi connectivity index (χ4n) is 2.12. The lowest BCUT2D eigenvalue weighted by molar-refractivity contribution is -0.138. The Bertz CT molecular complexity index is 719. The number of Topliss-reactive ketones (excluding diaryl/α,β-unsaturated/α-hetero) is 1. The quantitative estimate of drug-likeness (QED) is 0.0852. The number of halogens is 2. The van der Waals surface area contributed by atoms with Gasteiger partial charge in [0.1, 0.15) is 5.57 Å². The van der Waals surface area contributed by atoms with Crippen LogP contribution in [0, 0.1) is 18.6 Å². The molecule has 0 unspecified atom stereocenters. The largest absolute Gasteiger partial charge is 0.473 e. The van der Waals surface area contributed by atoms with Crippen LogP contribution in [-0.2, 0) is 9.53 Å². The van der Waals surface area contributed by atoms with Gasteiger partial charge in [0.25, 0.3) is 0 Å². The minimum atomic E-state index is -1.44. The maximum absolute atomic E-state index is 14.1. The third-order valence-electron chi connectivity index (χ3n) is 3.28. The van der Waals surface area contributed by atoms with E-state index in [-0.39, 0.29) is 30.0 Å². The lowest BCUT2D eigenvalue weighted by Gasteiger charge is -2.18. The molecule has 1 aromatic rings. The smallest absolute Gasteiger partial charge is 0.341 e. The van der Waals surface area contributed by atoms with Gasteiger partial charge < -0.3 is 15.2 Å². The number of anilines is 1. The minimum Gasteiger partial charge on any atom is -0.473 e. The third kappa shape index (κ3) is 5.73. The molecule has 0 aliphatic heterocycles. The lowest BCUT2D eigenvalue weighted by Crippen LogP contribution is -2.31. The van der Waals surface area contributed by atoms with Gasteiger partial charge in [0, 0.05) is 12.6 Å². The van der Waals surface area contributed by atoms with Gasteiger partial charge in [0.05, 0.1) is 17.9 Å². The average Bonchev–Trinajstić information content (AvgIpc) is 2.62. The second-order valence-corrected chi connectivity index (χ2v) is 5.15. The van der Waals surface area contributed by atoms with Crippen LogP contribution in [0.3, 0.4) is 0 Å². The molecule has 7 nitrogen and oxygen atoms in total. The zero-order chi connectivity index (χ0) is 21.3. The van der Waals surface area contributed by atoms with Gasteiger partial charge in [-0.05, 0) is 20.8 Å². The summed E-state index contributed by atoms with van der Waals surface area (Å²) in [5.41, 5.74) is 4.10. The summed E-state index contributed by atoms with van der Waals surface area (Å²) < 4.78 is 38.2. The SMILES string of the molecule is C/C=C(/C(=O)OCC)C(=O)c1c(C)c(OCN(C)N)c(F)c(F)c1N.CC. The number of ether oxygens (including phenoxy) is 2. The van der Waals surface area contributed by atoms with Gasteiger partial charge in [-0.2, -0.15) is 4.39 Å². The topological polar surface area (TPSA) is 108 Å². The molecule has 1 aromatic carbocycles. The Kier molecular flexibility index (Phi) is 10.2. The van der Waals surface area contributed by atoms with Crippen LogP contribution in [0.4, 0.5) is 14.5 Å². The van der Waals surface area contributed by atoms with Crippen molar-refractivity contribution in [1.29, 1.82) is 0 Å². The summed E-state index contributed by atoms with van der Waals surface area (Å²) in [7, 11) is 1.45. The maximum atomic E-state index is 14.1. The van der Waals surface area contributed by atoms with Gasteiger partial charge in [-0.25, -0.2) is 14.2 Å². The first-order valence-electron chi connectivity index (χ1n) is 8.41. The van der Waals surface area contributed by atoms with Gasteiger partial charge in [0.2, 0.25) is 11.6 Å². The highest BCUT2D eigenvalue weighted by Gasteiger charge is 2.30. The maximum Gasteiger partial charge on any atom is 0.341 e. The molecule has 1 rings (SSSR count). The molecule has 0 saturated heterocycles. The monoisotopic (exact) mass is 387 g/mol. The van der Waals surface area contributed by atoms with E-state index in [0.29, 0.717) is 0 Å². The third-order valence-corrected chi connectivity index (χ3v) is 3.28. The molecule has 0 saturated carbocycles. The van der Waals surface area contributed by atoms with Crippen molar-refractivity contribution in [2.45, 2.75) is 34.6 Å². The Morgan fingerprint density at radius 1 is 1.22 bits per heavy atom. The van der Waals surface area contributed by atoms with E-state index < -0.39 is 34.8 Å². The molecule has 9 heteroatoms. The highest BCUT2D eigenvalue weighted by molar-refractivity contribution is 6.26. The molecule has 0 atom stereocenters. The van der Waals surface area contributed by atoms with Crippen LogP contribution in [0.1, 0.15) is 43.6 Å². The number of hydrogen-bond acceptors (Lipinski definition) is 7. The van der Waals surface area contributed by atoms with E-state index in [4.69, 9.17) is 21.1 Å². The molecular formula is C18H27F2N3O4. The molecule has 4 N–H and O–H groups in total. The van der Waals surface area contributed by atoms with E-state index in [2.05, 4.69) is 0 Å². The first kappa shape index (κ1) is 24.5. The number of rotatable bonds is 7. The van der Waals surface area contributed by atoms with Crippen LogP contribution in [0.2, 0.25) is 0 Å². The Morgan fingerprint density at radius 3 is 2.22 bits per heavy atom. The highest BCUT2D eigenvalue weighted by Crippen LogP contribution is 2.34. The van der Waals surface area contributed by atoms with Crippen LogP contribution < -0.4 is 16.3 Å². The number of hydrazine groups is 1. The summed E-state index contributed by atoms with van der Waals surface area (Å²) in [5.74, 6) is 0.314. The molecule has 27 heavy (non-hydrogen) atoms. The van der Waals surface area contributed by atoms with Crippen molar-refractivity contribution in [3.63, 3.8) is 0 Å². The van der Waals surface area contributed by atoms with Crippen molar-refractivity contribution in [3.05, 3.63) is 34.4 Å². The number of nitrogens with two attached hydrogens (primary N) is 2. The predicted octanol–water partition coefficient (Wildman–Crippen LogP) is 2.72. The van der Waals surface area contributed by atoms with Gasteiger partial charge in [-0.15, -0.1) is 0 Å². The summed E-state index contributed by atoms with van der Waals surface area (Å²) in [6, 6.07) is 0. The van der Waals surface area contributed by atoms with Gasteiger partial charge in [-0.1, -0.05) is 19.9 Å². The van der Waals surface area contributed by atoms with E-state index >= 15 is 0 Å². The number of carbonyl (C=O) groups excluding carboxylic acids is 2. The fraction of sp³-hybridized carbons (Fsp3) is 0.444. The van der Waals surface area contributed by atoms with E-state index in [1.54, 1.807) is 6.92 Å². The van der Waals surface area contributed by atoms with E-state index in [1.807, 2.05) is 13.8 Å². The fourth-order valence-corrected chi connectivity index (χ4v) is 2.12. The normalized spacial score (nSPS) is 11.0. The Hall–Kier alpha value is -2.52. The van der Waals surface area contributed by atoms with E-state index in [1.165, 1.54) is 27.0 Å². The van der Waals surface area contributed by atoms with Crippen LogP contribution in [0.25, 0.3) is 0 Å². The summed E-state index contributed by atoms with van der Waals surface area (Å²) in [4.78, 5) is 24.5. The summed E-state index contributed by atoms with van der Waals surface area (Å²) in [6.07, 6.45) is 1.22. The van der Waals surface area contributed by atoms with Crippen molar-refractivity contribution in [1.82, 2.24) is 5.01 Å². The second kappa shape index (κ2) is 11.2. The molecule has 0 aromatic heterocycles. The molecule has 0 heterocycles. The molecule has 0 radical (unpaired) electrons. The van der Waals surface area contributed by atoms with Crippen LogP contribution in [-0.4, -0.2) is 37.1 Å². The molecule has 0 aliphatic rings. The van der Waals surface area contributed by atoms with Crippen LogP contribution in [0.5, 0.6) is 5.75 Å². The molecule has 152 valence electrons. The Balaban J connectivity index is 0.00000326. The van der Waals surface area contributed by atoms with Crippen molar-refractivity contribution in [3.8, 4) is 5.75 Å². The average molecular weight is 387 g/mol. The number of benzene rings is 1. The highest BCUT2D eigenvalue weighted by atomic mass is 19.2. The summed E-state index contributed by atoms with van der Waals surface area (Å²) in [5, 5.41) is 1.09. The van der Waals surface area contributed by atoms with Crippen LogP contribution in [0.15, 0.2) is 11.6 Å². The first-order valence-corrected chi connectivity index (χ1v) is 8.41. The molecule has 0 aliphatic carbocycles. The standard InChI is InChI=1S/C16H21F2N3O4.C2H6/c1-5-9(16(23)24-6-2)14(22)10-8(3)15(25-7-21(4)20)12(18)11(17)13(10)19;1-2/h5H,6-7,19-20H2,1-4H3;1-2H3/b9-5+;. The number of esters is 1. The number of allylic oxidation sites excluding steroid dienone is 1. The number of hydrogen-bond donors (Lipinski definition) is 2. The van der Waals surface area contributed by atoms with Gasteiger partial charge in [0.15, 0.2) is 18.3 Å².